The van der Waals surface area contributed by atoms with Crippen molar-refractivity contribution in [2.24, 2.45) is 0 Å². The van der Waals surface area contributed by atoms with E-state index in [1.807, 2.05) is 0 Å². The highest BCUT2D eigenvalue weighted by Crippen LogP contribution is 2.40. The zero-order valence-corrected chi connectivity index (χ0v) is 5.51. The molecule has 0 fully saturated rings. The van der Waals surface area contributed by atoms with E-state index in [0.29, 0.717) is 0 Å². The van der Waals surface area contributed by atoms with Crippen molar-refractivity contribution in [1.82, 2.24) is 0 Å². The van der Waals surface area contributed by atoms with Crippen molar-refractivity contribution in [1.29, 1.82) is 0 Å². The van der Waals surface area contributed by atoms with E-state index in [1.165, 1.54) is 0 Å². The molecule has 0 aliphatic rings. The molecule has 12 heavy (non-hydrogen) atoms. The van der Waals surface area contributed by atoms with Gasteiger partial charge in [0.1, 0.15) is 6.67 Å². The minimum atomic E-state index is -5.98. The molecule has 7 heteroatoms. The topological polar surface area (TPSA) is 0 Å². The fourth-order valence-corrected chi connectivity index (χ4v) is 0.404. The lowest BCUT2D eigenvalue weighted by Gasteiger charge is -2.21. The van der Waals surface area contributed by atoms with E-state index in [-0.39, 0.29) is 0 Å². The van der Waals surface area contributed by atoms with Crippen molar-refractivity contribution in [2.75, 3.05) is 0 Å². The molecule has 0 rings (SSSR count). The van der Waals surface area contributed by atoms with Gasteiger partial charge in [0.15, 0.2) is 6.17 Å². The van der Waals surface area contributed by atoms with Crippen LogP contribution in [0.3, 0.4) is 0 Å². The van der Waals surface area contributed by atoms with E-state index >= 15 is 0 Å². The van der Waals surface area contributed by atoms with Gasteiger partial charge in [0.25, 0.3) is 0 Å². The fraction of sp³-hybridized carbons (Fsp3) is 0.800. The molecule has 1 atom stereocenters. The van der Waals surface area contributed by atoms with Crippen LogP contribution in [0, 0.1) is 6.67 Å². The molecule has 0 N–H and O–H groups in total. The maximum Gasteiger partial charge on any atom is 0.456 e. The highest BCUT2D eigenvalue weighted by Gasteiger charge is 2.62. The molecule has 0 heterocycles. The summed E-state index contributed by atoms with van der Waals surface area (Å²) >= 11 is 0. The smallest absolute Gasteiger partial charge is 0.244 e. The zero-order chi connectivity index (χ0) is 9.99. The van der Waals surface area contributed by atoms with Gasteiger partial charge in [-0.1, -0.05) is 0 Å². The van der Waals surface area contributed by atoms with Crippen LogP contribution in [0.25, 0.3) is 0 Å². The van der Waals surface area contributed by atoms with E-state index < -0.39 is 31.4 Å². The molecule has 0 aromatic carbocycles. The number of hydrogen-bond donors (Lipinski definition) is 0. The summed E-state index contributed by atoms with van der Waals surface area (Å²) in [5.74, 6) is -5.49. The molecule has 0 saturated carbocycles. The van der Waals surface area contributed by atoms with Crippen LogP contribution in [0.4, 0.5) is 30.7 Å². The molecule has 0 aliphatic carbocycles. The predicted octanol–water partition coefficient (Wildman–Crippen LogP) is 3.04. The van der Waals surface area contributed by atoms with Gasteiger partial charge in [0.2, 0.25) is 0 Å². The summed E-state index contributed by atoms with van der Waals surface area (Å²) in [5, 5.41) is 0. The summed E-state index contributed by atoms with van der Waals surface area (Å²) in [4.78, 5) is 0. The summed E-state index contributed by atoms with van der Waals surface area (Å²) < 4.78 is 80.5. The Balaban J connectivity index is 4.38. The van der Waals surface area contributed by atoms with Crippen LogP contribution in [0.15, 0.2) is 0 Å². The van der Waals surface area contributed by atoms with Crippen LogP contribution in [0.1, 0.15) is 6.42 Å². The van der Waals surface area contributed by atoms with Crippen molar-refractivity contribution >= 4 is 0 Å². The average Bonchev–Trinajstić information content (AvgIpc) is 1.85. The summed E-state index contributed by atoms with van der Waals surface area (Å²) in [6, 6.07) is 0. The first kappa shape index (κ1) is 11.5. The standard InChI is InChI=1S/C5H4F7/c6-2-1-3(7)4(8,9)5(10,11)12/h2-3H,1H2. The molecule has 0 spiro atoms. The van der Waals surface area contributed by atoms with Crippen molar-refractivity contribution in [3.63, 3.8) is 0 Å². The molecule has 0 aromatic heterocycles. The van der Waals surface area contributed by atoms with Gasteiger partial charge >= 0.3 is 12.1 Å². The monoisotopic (exact) mass is 197 g/mol. The van der Waals surface area contributed by atoms with Gasteiger partial charge in [-0.3, -0.25) is 0 Å². The maximum absolute atomic E-state index is 11.9. The summed E-state index contributed by atoms with van der Waals surface area (Å²) in [7, 11) is 0. The van der Waals surface area contributed by atoms with E-state index in [4.69, 9.17) is 0 Å². The molecule has 0 aromatic rings. The van der Waals surface area contributed by atoms with E-state index in [9.17, 15) is 30.7 Å². The lowest BCUT2D eigenvalue weighted by atomic mass is 10.1. The van der Waals surface area contributed by atoms with E-state index in [2.05, 4.69) is 0 Å². The second kappa shape index (κ2) is 3.49. The van der Waals surface area contributed by atoms with E-state index in [1.54, 1.807) is 0 Å². The predicted molar refractivity (Wildman–Crippen MR) is 25.9 cm³/mol. The van der Waals surface area contributed by atoms with Gasteiger partial charge in [-0.15, -0.1) is 0 Å². The van der Waals surface area contributed by atoms with Crippen LogP contribution in [0.2, 0.25) is 0 Å². The van der Waals surface area contributed by atoms with Crippen LogP contribution in [0.5, 0.6) is 0 Å². The quantitative estimate of drug-likeness (QED) is 0.610. The van der Waals surface area contributed by atoms with Crippen molar-refractivity contribution < 1.29 is 30.7 Å². The van der Waals surface area contributed by atoms with Gasteiger partial charge in [0, 0.05) is 6.42 Å². The Morgan fingerprint density at radius 3 is 1.75 bits per heavy atom. The average molecular weight is 197 g/mol. The van der Waals surface area contributed by atoms with Gasteiger partial charge in [-0.2, -0.15) is 22.0 Å². The van der Waals surface area contributed by atoms with Crippen LogP contribution in [-0.2, 0) is 0 Å². The lowest BCUT2D eigenvalue weighted by molar-refractivity contribution is -0.303. The highest BCUT2D eigenvalue weighted by atomic mass is 19.4. The molecule has 0 bridgehead atoms. The normalized spacial score (nSPS) is 16.2. The van der Waals surface area contributed by atoms with Crippen molar-refractivity contribution in [3.8, 4) is 0 Å². The minimum absolute atomic E-state index is 0.579. The number of alkyl halides is 6. The Hall–Kier alpha value is -0.490. The van der Waals surface area contributed by atoms with Crippen molar-refractivity contribution in [3.05, 3.63) is 6.67 Å². The maximum atomic E-state index is 11.9. The van der Waals surface area contributed by atoms with Crippen molar-refractivity contribution in [2.45, 2.75) is 24.7 Å². The highest BCUT2D eigenvalue weighted by molar-refractivity contribution is 4.85. The second-order valence-corrected chi connectivity index (χ2v) is 1.98. The van der Waals surface area contributed by atoms with Gasteiger partial charge in [0.05, 0.1) is 0 Å². The first-order chi connectivity index (χ1) is 5.23. The molecule has 0 nitrogen and oxygen atoms in total. The largest absolute Gasteiger partial charge is 0.456 e. The first-order valence-corrected chi connectivity index (χ1v) is 2.74. The fourth-order valence-electron chi connectivity index (χ4n) is 0.404. The van der Waals surface area contributed by atoms with Crippen LogP contribution >= 0.6 is 0 Å². The molecule has 0 amide bonds. The summed E-state index contributed by atoms with van der Waals surface area (Å²) in [6.07, 6.45) is -11.1. The Morgan fingerprint density at radius 1 is 1.08 bits per heavy atom. The molecular formula is C5H4F7. The Bertz CT molecular complexity index is 137. The summed E-state index contributed by atoms with van der Waals surface area (Å²) in [5.41, 5.74) is 0. The van der Waals surface area contributed by atoms with Gasteiger partial charge in [-0.25, -0.2) is 8.78 Å². The second-order valence-electron chi connectivity index (χ2n) is 1.98. The minimum Gasteiger partial charge on any atom is -0.244 e. The number of hydrogen-bond acceptors (Lipinski definition) is 0. The van der Waals surface area contributed by atoms with E-state index in [0.717, 1.165) is 0 Å². The summed E-state index contributed by atoms with van der Waals surface area (Å²) in [6.45, 7) is -0.579. The van der Waals surface area contributed by atoms with Crippen LogP contribution in [-0.4, -0.2) is 18.3 Å². The van der Waals surface area contributed by atoms with Crippen LogP contribution < -0.4 is 0 Å². The molecule has 1 unspecified atom stereocenters. The third kappa shape index (κ3) is 2.25. The SMILES string of the molecule is F[CH]CC(F)C(F)(F)C(F)(F)F. The lowest BCUT2D eigenvalue weighted by Crippen LogP contribution is -2.44. The third-order valence-electron chi connectivity index (χ3n) is 1.07. The Kier molecular flexibility index (Phi) is 3.34. The Morgan fingerprint density at radius 2 is 1.50 bits per heavy atom. The van der Waals surface area contributed by atoms with Gasteiger partial charge in [-0.05, 0) is 0 Å². The number of halogens is 7. The zero-order valence-electron chi connectivity index (χ0n) is 5.51. The molecule has 0 aliphatic heterocycles. The Labute approximate surface area is 63.4 Å². The number of rotatable bonds is 3. The van der Waals surface area contributed by atoms with Gasteiger partial charge < -0.3 is 0 Å². The molecule has 1 radical (unpaired) electrons. The molecular weight excluding hydrogens is 193 g/mol. The molecule has 73 valence electrons. The third-order valence-corrected chi connectivity index (χ3v) is 1.07. The first-order valence-electron chi connectivity index (χ1n) is 2.74. The molecule has 0 saturated heterocycles.